The number of rotatable bonds is 5. The number of urea groups is 1. The van der Waals surface area contributed by atoms with Crippen LogP contribution in [0.3, 0.4) is 0 Å². The van der Waals surface area contributed by atoms with Crippen molar-refractivity contribution in [1.82, 2.24) is 14.9 Å². The number of hydrogen-bond donors (Lipinski definition) is 2. The van der Waals surface area contributed by atoms with Gasteiger partial charge in [-0.05, 0) is 49.7 Å². The van der Waals surface area contributed by atoms with Gasteiger partial charge < -0.3 is 15.1 Å². The highest BCUT2D eigenvalue weighted by Gasteiger charge is 2.12. The normalized spacial score (nSPS) is 11.8. The Balaban J connectivity index is 1.64. The van der Waals surface area contributed by atoms with Crippen LogP contribution >= 0.6 is 0 Å². The van der Waals surface area contributed by atoms with Gasteiger partial charge in [0.2, 0.25) is 0 Å². The van der Waals surface area contributed by atoms with E-state index in [-0.39, 0.29) is 17.8 Å². The highest BCUT2D eigenvalue weighted by Crippen LogP contribution is 2.16. The topological polar surface area (TPSA) is 89.2 Å². The summed E-state index contributed by atoms with van der Waals surface area (Å²) >= 11 is 0. The zero-order valence-electron chi connectivity index (χ0n) is 14.6. The summed E-state index contributed by atoms with van der Waals surface area (Å²) in [6.07, 6.45) is 3.14. The lowest BCUT2D eigenvalue weighted by Crippen LogP contribution is -2.31. The summed E-state index contributed by atoms with van der Waals surface area (Å²) in [5.41, 5.74) is 1.21. The maximum atomic E-state index is 12.2. The second kappa shape index (κ2) is 7.69. The molecule has 0 fully saturated rings. The Morgan fingerprint density at radius 1 is 1.27 bits per heavy atom. The minimum Gasteiger partial charge on any atom is -0.464 e. The molecule has 0 bridgehead atoms. The molecular weight excluding hydrogens is 332 g/mol. The quantitative estimate of drug-likeness (QED) is 0.738. The fraction of sp³-hybridized carbons (Fsp3) is 0.211. The molecule has 3 rings (SSSR count). The maximum Gasteiger partial charge on any atom is 0.347 e. The van der Waals surface area contributed by atoms with E-state index in [1.165, 1.54) is 10.8 Å². The fourth-order valence-corrected chi connectivity index (χ4v) is 2.57. The zero-order valence-corrected chi connectivity index (χ0v) is 14.6. The van der Waals surface area contributed by atoms with E-state index >= 15 is 0 Å². The molecule has 7 nitrogen and oxygen atoms in total. The van der Waals surface area contributed by atoms with Gasteiger partial charge >= 0.3 is 11.7 Å². The van der Waals surface area contributed by atoms with Crippen LogP contribution in [0.4, 0.5) is 10.5 Å². The van der Waals surface area contributed by atoms with E-state index in [1.807, 2.05) is 44.2 Å². The van der Waals surface area contributed by atoms with Gasteiger partial charge in [-0.1, -0.05) is 12.1 Å². The Hall–Kier alpha value is -3.35. The van der Waals surface area contributed by atoms with Crippen molar-refractivity contribution in [2.75, 3.05) is 5.32 Å². The summed E-state index contributed by atoms with van der Waals surface area (Å²) in [5.74, 6) is 1.50. The predicted molar refractivity (Wildman–Crippen MR) is 98.1 cm³/mol. The third-order valence-corrected chi connectivity index (χ3v) is 3.86. The molecule has 134 valence electrons. The molecule has 2 N–H and O–H groups in total. The average molecular weight is 352 g/mol. The molecule has 2 heterocycles. The van der Waals surface area contributed by atoms with Crippen LogP contribution in [0.25, 0.3) is 0 Å². The van der Waals surface area contributed by atoms with Crippen molar-refractivity contribution in [3.05, 3.63) is 82.4 Å². The van der Waals surface area contributed by atoms with Crippen molar-refractivity contribution >= 4 is 11.7 Å². The van der Waals surface area contributed by atoms with Gasteiger partial charge in [-0.3, -0.25) is 4.57 Å². The first-order valence-corrected chi connectivity index (χ1v) is 8.25. The predicted octanol–water partition coefficient (Wildman–Crippen LogP) is 3.08. The summed E-state index contributed by atoms with van der Waals surface area (Å²) in [4.78, 5) is 27.6. The summed E-state index contributed by atoms with van der Waals surface area (Å²) < 4.78 is 7.01. The molecule has 0 saturated heterocycles. The van der Waals surface area contributed by atoms with Crippen LogP contribution < -0.4 is 16.3 Å². The summed E-state index contributed by atoms with van der Waals surface area (Å²) in [7, 11) is 0. The molecule has 0 aliphatic carbocycles. The van der Waals surface area contributed by atoms with Crippen molar-refractivity contribution in [2.45, 2.75) is 26.4 Å². The van der Waals surface area contributed by atoms with Crippen LogP contribution in [-0.2, 0) is 6.54 Å². The van der Waals surface area contributed by atoms with E-state index in [2.05, 4.69) is 15.6 Å². The SMILES string of the molecule is Cc1ccc([C@H](C)NC(=O)Nc2cccc(Cn3cccnc3=O)c2)o1. The Bertz CT molecular complexity index is 961. The van der Waals surface area contributed by atoms with Crippen molar-refractivity contribution < 1.29 is 9.21 Å². The van der Waals surface area contributed by atoms with E-state index in [0.717, 1.165) is 11.3 Å². The average Bonchev–Trinajstić information content (AvgIpc) is 3.04. The number of hydrogen-bond acceptors (Lipinski definition) is 4. The van der Waals surface area contributed by atoms with Crippen LogP contribution in [0.1, 0.15) is 30.0 Å². The van der Waals surface area contributed by atoms with Crippen molar-refractivity contribution in [3.63, 3.8) is 0 Å². The Kier molecular flexibility index (Phi) is 5.17. The number of aryl methyl sites for hydroxylation is 1. The second-order valence-corrected chi connectivity index (χ2v) is 6.00. The standard InChI is InChI=1S/C19H20N4O3/c1-13-7-8-17(26-13)14(2)21-18(24)22-16-6-3-5-15(11-16)12-23-10-4-9-20-19(23)25/h3-11,14H,12H2,1-2H3,(H2,21,22,24)/t14-/m0/s1. The molecule has 0 saturated carbocycles. The van der Waals surface area contributed by atoms with Gasteiger partial charge in [0, 0.05) is 18.1 Å². The monoisotopic (exact) mass is 352 g/mol. The van der Waals surface area contributed by atoms with Crippen molar-refractivity contribution in [2.24, 2.45) is 0 Å². The van der Waals surface area contributed by atoms with Crippen LogP contribution in [0.2, 0.25) is 0 Å². The fourth-order valence-electron chi connectivity index (χ4n) is 2.57. The number of anilines is 1. The van der Waals surface area contributed by atoms with Gasteiger partial charge in [0.25, 0.3) is 0 Å². The molecule has 1 aromatic carbocycles. The van der Waals surface area contributed by atoms with Crippen LogP contribution in [0, 0.1) is 6.92 Å². The number of nitrogens with zero attached hydrogens (tertiary/aromatic N) is 2. The number of nitrogens with one attached hydrogen (secondary N) is 2. The molecular formula is C19H20N4O3. The molecule has 2 aromatic heterocycles. The van der Waals surface area contributed by atoms with Crippen molar-refractivity contribution in [3.8, 4) is 0 Å². The molecule has 0 aliphatic rings. The van der Waals surface area contributed by atoms with E-state index < -0.39 is 0 Å². The van der Waals surface area contributed by atoms with Crippen LogP contribution in [0.5, 0.6) is 0 Å². The highest BCUT2D eigenvalue weighted by atomic mass is 16.3. The Morgan fingerprint density at radius 3 is 2.85 bits per heavy atom. The number of carbonyl (C=O) groups excluding carboxylic acids is 1. The minimum absolute atomic E-state index is 0.249. The molecule has 0 spiro atoms. The molecule has 1 atom stereocenters. The van der Waals surface area contributed by atoms with E-state index in [1.54, 1.807) is 18.3 Å². The molecule has 26 heavy (non-hydrogen) atoms. The lowest BCUT2D eigenvalue weighted by atomic mass is 10.2. The van der Waals surface area contributed by atoms with Gasteiger partial charge in [-0.15, -0.1) is 0 Å². The molecule has 0 unspecified atom stereocenters. The summed E-state index contributed by atoms with van der Waals surface area (Å²) in [6, 6.07) is 12.1. The maximum absolute atomic E-state index is 12.2. The number of aromatic nitrogens is 2. The number of furan rings is 1. The highest BCUT2D eigenvalue weighted by molar-refractivity contribution is 5.89. The van der Waals surface area contributed by atoms with Crippen molar-refractivity contribution in [1.29, 1.82) is 0 Å². The molecule has 3 aromatic rings. The lowest BCUT2D eigenvalue weighted by molar-refractivity contribution is 0.247. The van der Waals surface area contributed by atoms with Gasteiger partial charge in [0.1, 0.15) is 11.5 Å². The minimum atomic E-state index is -0.331. The molecule has 0 radical (unpaired) electrons. The summed E-state index contributed by atoms with van der Waals surface area (Å²) in [5, 5.41) is 5.62. The number of benzene rings is 1. The number of carbonyl (C=O) groups is 1. The molecule has 2 amide bonds. The largest absolute Gasteiger partial charge is 0.464 e. The van der Waals surface area contributed by atoms with Crippen LogP contribution in [-0.4, -0.2) is 15.6 Å². The smallest absolute Gasteiger partial charge is 0.347 e. The second-order valence-electron chi connectivity index (χ2n) is 6.00. The molecule has 0 aliphatic heterocycles. The van der Waals surface area contributed by atoms with E-state index in [4.69, 9.17) is 4.42 Å². The lowest BCUT2D eigenvalue weighted by Gasteiger charge is -2.13. The van der Waals surface area contributed by atoms with E-state index in [0.29, 0.717) is 18.0 Å². The first kappa shape index (κ1) is 17.5. The zero-order chi connectivity index (χ0) is 18.5. The third-order valence-electron chi connectivity index (χ3n) is 3.86. The summed E-state index contributed by atoms with van der Waals surface area (Å²) in [6.45, 7) is 4.09. The van der Waals surface area contributed by atoms with E-state index in [9.17, 15) is 9.59 Å². The number of amides is 2. The van der Waals surface area contributed by atoms with Gasteiger partial charge in [0.05, 0.1) is 12.6 Å². The molecule has 7 heteroatoms. The van der Waals surface area contributed by atoms with Gasteiger partial charge in [0.15, 0.2) is 0 Å². The van der Waals surface area contributed by atoms with Gasteiger partial charge in [-0.2, -0.15) is 0 Å². The van der Waals surface area contributed by atoms with Gasteiger partial charge in [-0.25, -0.2) is 14.6 Å². The Labute approximate surface area is 150 Å². The third kappa shape index (κ3) is 4.38. The Morgan fingerprint density at radius 2 is 2.12 bits per heavy atom. The first-order chi connectivity index (χ1) is 12.5. The first-order valence-electron chi connectivity index (χ1n) is 8.25. The van der Waals surface area contributed by atoms with Crippen LogP contribution in [0.15, 0.2) is 64.1 Å².